The lowest BCUT2D eigenvalue weighted by Gasteiger charge is -2.40. The first-order valence-electron chi connectivity index (χ1n) is 8.57. The van der Waals surface area contributed by atoms with Crippen molar-refractivity contribution in [1.82, 2.24) is 0 Å². The van der Waals surface area contributed by atoms with Gasteiger partial charge in [0.2, 0.25) is 0 Å². The van der Waals surface area contributed by atoms with E-state index in [1.807, 2.05) is 0 Å². The van der Waals surface area contributed by atoms with Crippen molar-refractivity contribution in [2.24, 2.45) is 11.7 Å². The first kappa shape index (κ1) is 14.1. The molecule has 0 heterocycles. The van der Waals surface area contributed by atoms with Crippen LogP contribution in [0.2, 0.25) is 0 Å². The third kappa shape index (κ3) is 2.93. The zero-order chi connectivity index (χ0) is 14.0. The van der Waals surface area contributed by atoms with Crippen LogP contribution in [-0.4, -0.2) is 5.54 Å². The average molecular weight is 271 g/mol. The van der Waals surface area contributed by atoms with Crippen LogP contribution in [0.4, 0.5) is 0 Å². The van der Waals surface area contributed by atoms with Gasteiger partial charge in [0, 0.05) is 5.54 Å². The maximum atomic E-state index is 6.76. The van der Waals surface area contributed by atoms with Gasteiger partial charge in [-0.1, -0.05) is 37.6 Å². The zero-order valence-electron chi connectivity index (χ0n) is 12.9. The Bertz CT molecular complexity index is 443. The fourth-order valence-electron chi connectivity index (χ4n) is 4.42. The summed E-state index contributed by atoms with van der Waals surface area (Å²) < 4.78 is 0. The third-order valence-electron chi connectivity index (χ3n) is 5.82. The van der Waals surface area contributed by atoms with E-state index in [0.29, 0.717) is 5.92 Å². The van der Waals surface area contributed by atoms with Crippen molar-refractivity contribution in [2.75, 3.05) is 0 Å². The molecule has 110 valence electrons. The Hall–Kier alpha value is -0.820. The first-order chi connectivity index (χ1) is 9.70. The second-order valence-electron chi connectivity index (χ2n) is 7.21. The highest BCUT2D eigenvalue weighted by Crippen LogP contribution is 2.42. The molecule has 0 amide bonds. The fraction of sp³-hybridized carbons (Fsp3) is 0.684. The van der Waals surface area contributed by atoms with Crippen molar-refractivity contribution in [2.45, 2.75) is 76.2 Å². The van der Waals surface area contributed by atoms with Gasteiger partial charge in [-0.3, -0.25) is 0 Å². The molecule has 0 aromatic heterocycles. The van der Waals surface area contributed by atoms with E-state index >= 15 is 0 Å². The number of benzene rings is 1. The van der Waals surface area contributed by atoms with E-state index in [4.69, 9.17) is 5.73 Å². The molecule has 0 bridgehead atoms. The molecule has 20 heavy (non-hydrogen) atoms. The van der Waals surface area contributed by atoms with Crippen LogP contribution in [-0.2, 0) is 6.42 Å². The predicted molar refractivity (Wildman–Crippen MR) is 85.9 cm³/mol. The standard InChI is InChI=1S/C19H29N/c1-2-15-10-12-19(20,13-11-15)14-17-8-5-7-16-6-3-4-9-18(16)17/h3-4,6,9,15,17H,2,5,7-8,10-14,20H2,1H3. The molecule has 1 atom stereocenters. The normalized spacial score (nSPS) is 33.7. The molecule has 3 rings (SSSR count). The maximum absolute atomic E-state index is 6.76. The number of hydrogen-bond donors (Lipinski definition) is 1. The second kappa shape index (κ2) is 5.89. The predicted octanol–water partition coefficient (Wildman–Crippen LogP) is 4.79. The number of aryl methyl sites for hydroxylation is 1. The molecule has 0 saturated heterocycles. The lowest BCUT2D eigenvalue weighted by atomic mass is 9.69. The average Bonchev–Trinajstić information content (AvgIpc) is 2.48. The number of nitrogens with two attached hydrogens (primary N) is 1. The first-order valence-corrected chi connectivity index (χ1v) is 8.57. The summed E-state index contributed by atoms with van der Waals surface area (Å²) in [4.78, 5) is 0. The largest absolute Gasteiger partial charge is 0.325 e. The summed E-state index contributed by atoms with van der Waals surface area (Å²) in [7, 11) is 0. The Kier molecular flexibility index (Phi) is 4.16. The summed E-state index contributed by atoms with van der Waals surface area (Å²) in [5.41, 5.74) is 10.1. The molecular formula is C19H29N. The van der Waals surface area contributed by atoms with E-state index in [9.17, 15) is 0 Å². The van der Waals surface area contributed by atoms with Gasteiger partial charge in [0.05, 0.1) is 0 Å². The minimum absolute atomic E-state index is 0.112. The van der Waals surface area contributed by atoms with E-state index in [1.54, 1.807) is 11.1 Å². The minimum Gasteiger partial charge on any atom is -0.325 e. The smallest absolute Gasteiger partial charge is 0.0160 e. The maximum Gasteiger partial charge on any atom is 0.0160 e. The fourth-order valence-corrected chi connectivity index (χ4v) is 4.42. The van der Waals surface area contributed by atoms with Gasteiger partial charge in [-0.15, -0.1) is 0 Å². The molecule has 2 aliphatic carbocycles. The lowest BCUT2D eigenvalue weighted by Crippen LogP contribution is -2.44. The van der Waals surface area contributed by atoms with Crippen LogP contribution >= 0.6 is 0 Å². The Balaban J connectivity index is 1.69. The van der Waals surface area contributed by atoms with Crippen molar-refractivity contribution in [3.8, 4) is 0 Å². The van der Waals surface area contributed by atoms with Crippen LogP contribution in [0.15, 0.2) is 24.3 Å². The van der Waals surface area contributed by atoms with Crippen LogP contribution in [0, 0.1) is 5.92 Å². The van der Waals surface area contributed by atoms with E-state index in [1.165, 1.54) is 57.8 Å². The molecule has 1 aromatic rings. The SMILES string of the molecule is CCC1CCC(N)(CC2CCCc3ccccc32)CC1. The van der Waals surface area contributed by atoms with E-state index in [2.05, 4.69) is 31.2 Å². The van der Waals surface area contributed by atoms with E-state index in [0.717, 1.165) is 5.92 Å². The summed E-state index contributed by atoms with van der Waals surface area (Å²) in [5.74, 6) is 1.65. The summed E-state index contributed by atoms with van der Waals surface area (Å²) in [6.07, 6.45) is 11.7. The van der Waals surface area contributed by atoms with Crippen LogP contribution in [0.25, 0.3) is 0 Å². The molecule has 1 saturated carbocycles. The van der Waals surface area contributed by atoms with Gasteiger partial charge >= 0.3 is 0 Å². The molecule has 2 N–H and O–H groups in total. The zero-order valence-corrected chi connectivity index (χ0v) is 12.9. The Morgan fingerprint density at radius 1 is 1.15 bits per heavy atom. The summed E-state index contributed by atoms with van der Waals surface area (Å²) in [5, 5.41) is 0. The molecule has 1 unspecified atom stereocenters. The molecule has 0 spiro atoms. The van der Waals surface area contributed by atoms with Crippen molar-refractivity contribution < 1.29 is 0 Å². The highest BCUT2D eigenvalue weighted by Gasteiger charge is 2.34. The van der Waals surface area contributed by atoms with Crippen LogP contribution in [0.1, 0.15) is 75.3 Å². The molecule has 1 nitrogen and oxygen atoms in total. The number of rotatable bonds is 3. The second-order valence-corrected chi connectivity index (χ2v) is 7.21. The summed E-state index contributed by atoms with van der Waals surface area (Å²) >= 11 is 0. The Morgan fingerprint density at radius 3 is 2.65 bits per heavy atom. The molecule has 0 radical (unpaired) electrons. The quantitative estimate of drug-likeness (QED) is 0.840. The topological polar surface area (TPSA) is 26.0 Å². The van der Waals surface area contributed by atoms with Crippen LogP contribution in [0.5, 0.6) is 0 Å². The van der Waals surface area contributed by atoms with E-state index < -0.39 is 0 Å². The summed E-state index contributed by atoms with van der Waals surface area (Å²) in [6, 6.07) is 9.05. The summed E-state index contributed by atoms with van der Waals surface area (Å²) in [6.45, 7) is 2.32. The molecule has 1 aromatic carbocycles. The molecular weight excluding hydrogens is 242 g/mol. The minimum atomic E-state index is 0.112. The lowest BCUT2D eigenvalue weighted by molar-refractivity contribution is 0.203. The van der Waals surface area contributed by atoms with Gasteiger partial charge in [-0.05, 0) is 74.3 Å². The highest BCUT2D eigenvalue weighted by atomic mass is 14.7. The monoisotopic (exact) mass is 271 g/mol. The molecule has 1 fully saturated rings. The number of hydrogen-bond acceptors (Lipinski definition) is 1. The Labute approximate surface area is 124 Å². The van der Waals surface area contributed by atoms with Gasteiger partial charge in [0.1, 0.15) is 0 Å². The molecule has 0 aliphatic heterocycles. The highest BCUT2D eigenvalue weighted by molar-refractivity contribution is 5.33. The third-order valence-corrected chi connectivity index (χ3v) is 5.82. The van der Waals surface area contributed by atoms with Crippen LogP contribution < -0.4 is 5.73 Å². The van der Waals surface area contributed by atoms with Crippen LogP contribution in [0.3, 0.4) is 0 Å². The van der Waals surface area contributed by atoms with Gasteiger partial charge in [0.25, 0.3) is 0 Å². The van der Waals surface area contributed by atoms with Crippen molar-refractivity contribution in [3.05, 3.63) is 35.4 Å². The molecule has 1 heteroatoms. The van der Waals surface area contributed by atoms with Crippen molar-refractivity contribution in [3.63, 3.8) is 0 Å². The van der Waals surface area contributed by atoms with Gasteiger partial charge < -0.3 is 5.73 Å². The number of fused-ring (bicyclic) bond motifs is 1. The van der Waals surface area contributed by atoms with Gasteiger partial charge in [-0.2, -0.15) is 0 Å². The Morgan fingerprint density at radius 2 is 1.90 bits per heavy atom. The molecule has 2 aliphatic rings. The van der Waals surface area contributed by atoms with E-state index in [-0.39, 0.29) is 5.54 Å². The van der Waals surface area contributed by atoms with Gasteiger partial charge in [-0.25, -0.2) is 0 Å². The van der Waals surface area contributed by atoms with Crippen molar-refractivity contribution in [1.29, 1.82) is 0 Å². The van der Waals surface area contributed by atoms with Gasteiger partial charge in [0.15, 0.2) is 0 Å². The van der Waals surface area contributed by atoms with Crippen molar-refractivity contribution >= 4 is 0 Å².